The van der Waals surface area contributed by atoms with Crippen LogP contribution in [0.25, 0.3) is 0 Å². The van der Waals surface area contributed by atoms with Gasteiger partial charge >= 0.3 is 0 Å². The third-order valence-corrected chi connectivity index (χ3v) is 2.46. The van der Waals surface area contributed by atoms with Crippen LogP contribution in [0, 0.1) is 0 Å². The quantitative estimate of drug-likeness (QED) is 0.845. The molecule has 0 atom stereocenters. The number of rotatable bonds is 4. The molecule has 0 bridgehead atoms. The third kappa shape index (κ3) is 3.90. The molecule has 3 nitrogen and oxygen atoms in total. The molecular formula is C11H15ClN2O. The first kappa shape index (κ1) is 12.0. The monoisotopic (exact) mass is 226 g/mol. The Bertz CT molecular complexity index is 341. The minimum absolute atomic E-state index is 0.00422. The highest BCUT2D eigenvalue weighted by Gasteiger charge is 2.06. The number of hydrogen-bond donors (Lipinski definition) is 1. The number of amides is 1. The largest absolute Gasteiger partial charge is 0.358 e. The highest BCUT2D eigenvalue weighted by Crippen LogP contribution is 2.16. The van der Waals surface area contributed by atoms with E-state index in [1.807, 2.05) is 36.2 Å². The number of carbonyl (C=O) groups excluding carboxylic acids is 1. The fraction of sp³-hybridized carbons (Fsp3) is 0.364. The average molecular weight is 227 g/mol. The van der Waals surface area contributed by atoms with Gasteiger partial charge in [0.1, 0.15) is 0 Å². The summed E-state index contributed by atoms with van der Waals surface area (Å²) < 4.78 is 0. The number of nitrogens with zero attached hydrogens (tertiary/aromatic N) is 1. The van der Waals surface area contributed by atoms with Crippen molar-refractivity contribution in [2.75, 3.05) is 20.6 Å². The van der Waals surface area contributed by atoms with Gasteiger partial charge in [0.2, 0.25) is 5.91 Å². The van der Waals surface area contributed by atoms with Crippen LogP contribution in [0.1, 0.15) is 5.56 Å². The third-order valence-electron chi connectivity index (χ3n) is 2.09. The lowest BCUT2D eigenvalue weighted by Gasteiger charge is -2.16. The zero-order valence-corrected chi connectivity index (χ0v) is 9.71. The topological polar surface area (TPSA) is 32.3 Å². The smallest absolute Gasteiger partial charge is 0.233 e. The molecule has 0 fully saturated rings. The van der Waals surface area contributed by atoms with E-state index < -0.39 is 0 Å². The van der Waals surface area contributed by atoms with Gasteiger partial charge in [0.25, 0.3) is 0 Å². The van der Waals surface area contributed by atoms with E-state index >= 15 is 0 Å². The molecule has 15 heavy (non-hydrogen) atoms. The van der Waals surface area contributed by atoms with Crippen LogP contribution >= 0.6 is 11.6 Å². The summed E-state index contributed by atoms with van der Waals surface area (Å²) >= 11 is 6.01. The van der Waals surface area contributed by atoms with Crippen LogP contribution in [-0.2, 0) is 11.3 Å². The van der Waals surface area contributed by atoms with Crippen molar-refractivity contribution < 1.29 is 4.79 Å². The van der Waals surface area contributed by atoms with E-state index in [0.29, 0.717) is 13.1 Å². The zero-order valence-electron chi connectivity index (χ0n) is 8.96. The van der Waals surface area contributed by atoms with Crippen molar-refractivity contribution in [2.45, 2.75) is 6.54 Å². The molecular weight excluding hydrogens is 212 g/mol. The first-order valence-corrected chi connectivity index (χ1v) is 5.14. The summed E-state index contributed by atoms with van der Waals surface area (Å²) in [5, 5.41) is 3.32. The summed E-state index contributed by atoms with van der Waals surface area (Å²) in [6, 6.07) is 7.65. The van der Waals surface area contributed by atoms with Crippen LogP contribution in [0.5, 0.6) is 0 Å². The van der Waals surface area contributed by atoms with E-state index in [9.17, 15) is 4.79 Å². The molecule has 4 heteroatoms. The van der Waals surface area contributed by atoms with Crippen LogP contribution in [0.15, 0.2) is 24.3 Å². The van der Waals surface area contributed by atoms with Crippen molar-refractivity contribution in [3.8, 4) is 0 Å². The molecule has 1 amide bonds. The lowest BCUT2D eigenvalue weighted by molar-refractivity contribution is -0.121. The van der Waals surface area contributed by atoms with Gasteiger partial charge in [-0.05, 0) is 18.7 Å². The van der Waals surface area contributed by atoms with Crippen molar-refractivity contribution in [1.29, 1.82) is 0 Å². The van der Waals surface area contributed by atoms with E-state index in [4.69, 9.17) is 11.6 Å². The molecule has 0 saturated carbocycles. The van der Waals surface area contributed by atoms with Gasteiger partial charge in [0.15, 0.2) is 0 Å². The zero-order chi connectivity index (χ0) is 11.3. The van der Waals surface area contributed by atoms with Crippen molar-refractivity contribution in [1.82, 2.24) is 10.2 Å². The molecule has 0 aromatic heterocycles. The number of benzene rings is 1. The van der Waals surface area contributed by atoms with Gasteiger partial charge in [-0.3, -0.25) is 9.69 Å². The molecule has 82 valence electrons. The fourth-order valence-electron chi connectivity index (χ4n) is 1.30. The highest BCUT2D eigenvalue weighted by atomic mass is 35.5. The predicted molar refractivity (Wildman–Crippen MR) is 61.9 cm³/mol. The lowest BCUT2D eigenvalue weighted by atomic mass is 10.2. The Morgan fingerprint density at radius 3 is 2.73 bits per heavy atom. The molecule has 0 aliphatic carbocycles. The standard InChI is InChI=1S/C11H15ClN2O/c1-13-11(15)8-14(2)7-9-5-3-4-6-10(9)12/h3-6H,7-8H2,1-2H3,(H,13,15). The number of hydrogen-bond acceptors (Lipinski definition) is 2. The highest BCUT2D eigenvalue weighted by molar-refractivity contribution is 6.31. The summed E-state index contributed by atoms with van der Waals surface area (Å²) in [7, 11) is 3.52. The summed E-state index contributed by atoms with van der Waals surface area (Å²) in [6.07, 6.45) is 0. The molecule has 1 N–H and O–H groups in total. The van der Waals surface area contributed by atoms with E-state index in [1.54, 1.807) is 7.05 Å². The van der Waals surface area contributed by atoms with Crippen molar-refractivity contribution in [3.05, 3.63) is 34.9 Å². The second kappa shape index (κ2) is 5.73. The van der Waals surface area contributed by atoms with E-state index in [-0.39, 0.29) is 5.91 Å². The molecule has 0 aliphatic heterocycles. The molecule has 0 saturated heterocycles. The molecule has 1 aromatic rings. The van der Waals surface area contributed by atoms with Gasteiger partial charge in [0.05, 0.1) is 6.54 Å². The van der Waals surface area contributed by atoms with Gasteiger partial charge in [0, 0.05) is 18.6 Å². The normalized spacial score (nSPS) is 10.4. The first-order valence-electron chi connectivity index (χ1n) is 4.76. The van der Waals surface area contributed by atoms with E-state index in [2.05, 4.69) is 5.32 Å². The lowest BCUT2D eigenvalue weighted by Crippen LogP contribution is -2.32. The Hall–Kier alpha value is -1.06. The van der Waals surface area contributed by atoms with E-state index in [1.165, 1.54) is 0 Å². The summed E-state index contributed by atoms with van der Waals surface area (Å²) in [5.41, 5.74) is 1.03. The summed E-state index contributed by atoms with van der Waals surface area (Å²) in [6.45, 7) is 1.05. The fourth-order valence-corrected chi connectivity index (χ4v) is 1.49. The minimum Gasteiger partial charge on any atom is -0.358 e. The average Bonchev–Trinajstić information content (AvgIpc) is 2.21. The molecule has 0 heterocycles. The van der Waals surface area contributed by atoms with Gasteiger partial charge in [-0.15, -0.1) is 0 Å². The summed E-state index contributed by atoms with van der Waals surface area (Å²) in [5.74, 6) is 0.00422. The Morgan fingerprint density at radius 1 is 1.47 bits per heavy atom. The van der Waals surface area contributed by atoms with Crippen LogP contribution in [0.2, 0.25) is 5.02 Å². The Kier molecular flexibility index (Phi) is 4.59. The second-order valence-corrected chi connectivity index (χ2v) is 3.84. The number of likely N-dealkylation sites (N-methyl/N-ethyl adjacent to an activating group) is 2. The van der Waals surface area contributed by atoms with Crippen molar-refractivity contribution >= 4 is 17.5 Å². The van der Waals surface area contributed by atoms with Crippen LogP contribution in [0.4, 0.5) is 0 Å². The molecule has 0 unspecified atom stereocenters. The van der Waals surface area contributed by atoms with Gasteiger partial charge in [-0.1, -0.05) is 29.8 Å². The van der Waals surface area contributed by atoms with Crippen LogP contribution in [0.3, 0.4) is 0 Å². The second-order valence-electron chi connectivity index (χ2n) is 3.44. The summed E-state index contributed by atoms with van der Waals surface area (Å²) in [4.78, 5) is 13.0. The van der Waals surface area contributed by atoms with Gasteiger partial charge in [-0.25, -0.2) is 0 Å². The van der Waals surface area contributed by atoms with Crippen LogP contribution in [-0.4, -0.2) is 31.4 Å². The van der Waals surface area contributed by atoms with Crippen molar-refractivity contribution in [2.24, 2.45) is 0 Å². The Balaban J connectivity index is 2.55. The SMILES string of the molecule is CNC(=O)CN(C)Cc1ccccc1Cl. The maximum Gasteiger partial charge on any atom is 0.233 e. The predicted octanol–water partition coefficient (Wildman–Crippen LogP) is 1.52. The molecule has 1 aromatic carbocycles. The molecule has 1 rings (SSSR count). The maximum absolute atomic E-state index is 11.1. The van der Waals surface area contributed by atoms with Gasteiger partial charge in [-0.2, -0.15) is 0 Å². The van der Waals surface area contributed by atoms with E-state index in [0.717, 1.165) is 10.6 Å². The maximum atomic E-state index is 11.1. The number of carbonyl (C=O) groups is 1. The Morgan fingerprint density at radius 2 is 2.13 bits per heavy atom. The minimum atomic E-state index is 0.00422. The number of halogens is 1. The van der Waals surface area contributed by atoms with Gasteiger partial charge < -0.3 is 5.32 Å². The molecule has 0 radical (unpaired) electrons. The molecule has 0 aliphatic rings. The Labute approximate surface area is 95.0 Å². The van der Waals surface area contributed by atoms with Crippen molar-refractivity contribution in [3.63, 3.8) is 0 Å². The first-order chi connectivity index (χ1) is 7.13. The van der Waals surface area contributed by atoms with Crippen LogP contribution < -0.4 is 5.32 Å². The number of nitrogens with one attached hydrogen (secondary N) is 1. The molecule has 0 spiro atoms.